The Morgan fingerprint density at radius 3 is 2.59 bits per heavy atom. The van der Waals surface area contributed by atoms with Crippen LogP contribution in [0.2, 0.25) is 0 Å². The highest BCUT2D eigenvalue weighted by molar-refractivity contribution is 5.94. The van der Waals surface area contributed by atoms with Gasteiger partial charge in [-0.1, -0.05) is 6.92 Å². The molecule has 0 saturated heterocycles. The molecule has 0 aliphatic heterocycles. The van der Waals surface area contributed by atoms with Crippen LogP contribution in [0.25, 0.3) is 0 Å². The summed E-state index contributed by atoms with van der Waals surface area (Å²) >= 11 is 0. The van der Waals surface area contributed by atoms with Gasteiger partial charge in [-0.2, -0.15) is 0 Å². The lowest BCUT2D eigenvalue weighted by molar-refractivity contribution is 0.0653. The van der Waals surface area contributed by atoms with Gasteiger partial charge in [0.25, 0.3) is 5.91 Å². The fourth-order valence-corrected chi connectivity index (χ4v) is 1.34. The van der Waals surface area contributed by atoms with E-state index < -0.39 is 11.4 Å². The van der Waals surface area contributed by atoms with Crippen LogP contribution in [0, 0.1) is 0 Å². The van der Waals surface area contributed by atoms with E-state index in [-0.39, 0.29) is 24.3 Å². The maximum Gasteiger partial charge on any atom is 0.252 e. The van der Waals surface area contributed by atoms with Crippen LogP contribution in [-0.4, -0.2) is 39.9 Å². The first-order chi connectivity index (χ1) is 8.06. The number of carbonyl (C=O) groups excluding carboxylic acids is 1. The largest absolute Gasteiger partial charge is 0.394 e. The number of aliphatic hydroxyl groups excluding tert-OH is 2. The predicted octanol–water partition coefficient (Wildman–Crippen LogP) is -0.762. The summed E-state index contributed by atoms with van der Waals surface area (Å²) in [5.74, 6) is -0.499. The Balaban J connectivity index is 2.88. The molecular formula is C11H16N2O4. The van der Waals surface area contributed by atoms with Crippen molar-refractivity contribution in [2.24, 2.45) is 0 Å². The molecule has 1 rings (SSSR count). The van der Waals surface area contributed by atoms with Gasteiger partial charge < -0.3 is 20.5 Å². The molecule has 0 unspecified atom stereocenters. The van der Waals surface area contributed by atoms with E-state index in [9.17, 15) is 19.8 Å². The van der Waals surface area contributed by atoms with Crippen molar-refractivity contribution >= 4 is 5.91 Å². The van der Waals surface area contributed by atoms with Gasteiger partial charge in [0.05, 0.1) is 18.8 Å². The van der Waals surface area contributed by atoms with E-state index in [0.29, 0.717) is 6.42 Å². The fourth-order valence-electron chi connectivity index (χ4n) is 1.34. The number of aromatic amines is 1. The number of aromatic nitrogens is 1. The second-order valence-corrected chi connectivity index (χ2v) is 3.85. The van der Waals surface area contributed by atoms with Gasteiger partial charge >= 0.3 is 0 Å². The van der Waals surface area contributed by atoms with E-state index in [4.69, 9.17) is 0 Å². The number of nitrogens with one attached hydrogen (secondary N) is 2. The van der Waals surface area contributed by atoms with Crippen LogP contribution in [0.15, 0.2) is 23.1 Å². The molecule has 0 bridgehead atoms. The average Bonchev–Trinajstić information content (AvgIpc) is 2.36. The highest BCUT2D eigenvalue weighted by atomic mass is 16.3. The van der Waals surface area contributed by atoms with Crippen LogP contribution in [0.4, 0.5) is 0 Å². The van der Waals surface area contributed by atoms with Crippen molar-refractivity contribution in [3.8, 4) is 0 Å². The molecule has 0 atom stereocenters. The fraction of sp³-hybridized carbons (Fsp3) is 0.455. The minimum Gasteiger partial charge on any atom is -0.394 e. The smallest absolute Gasteiger partial charge is 0.252 e. The molecule has 4 N–H and O–H groups in total. The summed E-state index contributed by atoms with van der Waals surface area (Å²) in [6, 6.07) is 2.61. The molecule has 1 amide bonds. The minimum absolute atomic E-state index is 0.188. The number of hydrogen-bond donors (Lipinski definition) is 4. The summed E-state index contributed by atoms with van der Waals surface area (Å²) in [5.41, 5.74) is -1.25. The summed E-state index contributed by atoms with van der Waals surface area (Å²) in [4.78, 5) is 25.2. The Morgan fingerprint density at radius 1 is 1.47 bits per heavy atom. The first-order valence-corrected chi connectivity index (χ1v) is 5.30. The lowest BCUT2D eigenvalue weighted by Crippen LogP contribution is -2.53. The van der Waals surface area contributed by atoms with Crippen molar-refractivity contribution in [3.63, 3.8) is 0 Å². The van der Waals surface area contributed by atoms with Crippen LogP contribution in [0.3, 0.4) is 0 Å². The van der Waals surface area contributed by atoms with Crippen molar-refractivity contribution in [3.05, 3.63) is 34.2 Å². The van der Waals surface area contributed by atoms with Gasteiger partial charge in [-0.25, -0.2) is 0 Å². The summed E-state index contributed by atoms with van der Waals surface area (Å²) in [6.07, 6.45) is 1.75. The van der Waals surface area contributed by atoms with Crippen molar-refractivity contribution in [1.82, 2.24) is 10.3 Å². The Bertz CT molecular complexity index is 429. The first kappa shape index (κ1) is 13.4. The number of pyridine rings is 1. The molecule has 0 spiro atoms. The zero-order valence-electron chi connectivity index (χ0n) is 9.56. The Morgan fingerprint density at radius 2 is 2.12 bits per heavy atom. The molecule has 17 heavy (non-hydrogen) atoms. The summed E-state index contributed by atoms with van der Waals surface area (Å²) in [7, 11) is 0. The van der Waals surface area contributed by atoms with E-state index in [2.05, 4.69) is 10.3 Å². The number of carbonyl (C=O) groups is 1. The van der Waals surface area contributed by atoms with Crippen molar-refractivity contribution in [1.29, 1.82) is 0 Å². The van der Waals surface area contributed by atoms with Crippen LogP contribution in [-0.2, 0) is 0 Å². The van der Waals surface area contributed by atoms with Gasteiger partial charge in [0.1, 0.15) is 0 Å². The Kier molecular flexibility index (Phi) is 4.42. The summed E-state index contributed by atoms with van der Waals surface area (Å²) < 4.78 is 0. The third kappa shape index (κ3) is 3.15. The minimum atomic E-state index is -1.06. The third-order valence-electron chi connectivity index (χ3n) is 2.70. The van der Waals surface area contributed by atoms with Crippen molar-refractivity contribution in [2.45, 2.75) is 18.9 Å². The van der Waals surface area contributed by atoms with Gasteiger partial charge in [-0.05, 0) is 12.5 Å². The molecule has 0 radical (unpaired) electrons. The second-order valence-electron chi connectivity index (χ2n) is 3.85. The van der Waals surface area contributed by atoms with Gasteiger partial charge in [-0.15, -0.1) is 0 Å². The zero-order valence-corrected chi connectivity index (χ0v) is 9.56. The SMILES string of the molecule is CCC(CO)(CO)NC(=O)c1cc[nH]c(=O)c1. The summed E-state index contributed by atoms with van der Waals surface area (Å²) in [6.45, 7) is 1.01. The molecular weight excluding hydrogens is 224 g/mol. The lowest BCUT2D eigenvalue weighted by atomic mass is 9.98. The van der Waals surface area contributed by atoms with E-state index in [1.54, 1.807) is 6.92 Å². The van der Waals surface area contributed by atoms with Crippen LogP contribution in [0.5, 0.6) is 0 Å². The summed E-state index contributed by atoms with van der Waals surface area (Å²) in [5, 5.41) is 20.9. The van der Waals surface area contributed by atoms with Crippen molar-refractivity contribution < 1.29 is 15.0 Å². The number of rotatable bonds is 5. The van der Waals surface area contributed by atoms with E-state index in [1.807, 2.05) is 0 Å². The van der Waals surface area contributed by atoms with Crippen molar-refractivity contribution in [2.75, 3.05) is 13.2 Å². The van der Waals surface area contributed by atoms with Gasteiger partial charge in [0, 0.05) is 17.8 Å². The average molecular weight is 240 g/mol. The molecule has 0 fully saturated rings. The first-order valence-electron chi connectivity index (χ1n) is 5.30. The highest BCUT2D eigenvalue weighted by Crippen LogP contribution is 2.09. The molecule has 1 aromatic rings. The Hall–Kier alpha value is -1.66. The maximum absolute atomic E-state index is 11.8. The molecule has 0 saturated carbocycles. The van der Waals surface area contributed by atoms with Crippen LogP contribution < -0.4 is 10.9 Å². The highest BCUT2D eigenvalue weighted by Gasteiger charge is 2.28. The molecule has 6 heteroatoms. The van der Waals surface area contributed by atoms with Crippen LogP contribution in [0.1, 0.15) is 23.7 Å². The number of hydrogen-bond acceptors (Lipinski definition) is 4. The lowest BCUT2D eigenvalue weighted by Gasteiger charge is -2.29. The number of H-pyrrole nitrogens is 1. The van der Waals surface area contributed by atoms with E-state index in [1.165, 1.54) is 12.3 Å². The van der Waals surface area contributed by atoms with E-state index in [0.717, 1.165) is 6.07 Å². The van der Waals surface area contributed by atoms with Gasteiger partial charge in [-0.3, -0.25) is 9.59 Å². The molecule has 1 aromatic heterocycles. The molecule has 94 valence electrons. The van der Waals surface area contributed by atoms with Gasteiger partial charge in [0.2, 0.25) is 5.56 Å². The standard InChI is InChI=1S/C11H16N2O4/c1-2-11(6-14,7-15)13-10(17)8-3-4-12-9(16)5-8/h3-5,14-15H,2,6-7H2,1H3,(H,12,16)(H,13,17). The normalized spacial score (nSPS) is 11.2. The molecule has 0 aromatic carbocycles. The molecule has 1 heterocycles. The molecule has 0 aliphatic rings. The van der Waals surface area contributed by atoms with Crippen LogP contribution >= 0.6 is 0 Å². The zero-order chi connectivity index (χ0) is 12.9. The van der Waals surface area contributed by atoms with E-state index >= 15 is 0 Å². The van der Waals surface area contributed by atoms with Gasteiger partial charge in [0.15, 0.2) is 0 Å². The topological polar surface area (TPSA) is 102 Å². The Labute approximate surface area is 98.3 Å². The molecule has 6 nitrogen and oxygen atoms in total. The quantitative estimate of drug-likeness (QED) is 0.543. The second kappa shape index (κ2) is 5.60. The monoisotopic (exact) mass is 240 g/mol. The predicted molar refractivity (Wildman–Crippen MR) is 61.7 cm³/mol. The molecule has 0 aliphatic carbocycles. The number of amides is 1. The third-order valence-corrected chi connectivity index (χ3v) is 2.70. The maximum atomic E-state index is 11.8. The number of aliphatic hydroxyl groups is 2.